The average Bonchev–Trinajstić information content (AvgIpc) is 2.76. The molecule has 0 aromatic carbocycles. The molecule has 2 unspecified atom stereocenters. The first-order valence-corrected chi connectivity index (χ1v) is 7.63. The van der Waals surface area contributed by atoms with Gasteiger partial charge in [-0.2, -0.15) is 5.10 Å². The minimum absolute atomic E-state index is 0.299. The molecule has 0 spiro atoms. The molecule has 0 aliphatic carbocycles. The summed E-state index contributed by atoms with van der Waals surface area (Å²) in [6.07, 6.45) is 6.42. The maximum absolute atomic E-state index is 10.4. The summed E-state index contributed by atoms with van der Waals surface area (Å²) in [4.78, 5) is 4.30. The van der Waals surface area contributed by atoms with Crippen molar-refractivity contribution in [2.75, 3.05) is 0 Å². The summed E-state index contributed by atoms with van der Waals surface area (Å²) in [5.41, 5.74) is 0. The highest BCUT2D eigenvalue weighted by molar-refractivity contribution is 4.89. The molecule has 0 saturated heterocycles. The van der Waals surface area contributed by atoms with E-state index >= 15 is 0 Å². The first kappa shape index (κ1) is 16.2. The predicted octanol–water partition coefficient (Wildman–Crippen LogP) is 3.05. The van der Waals surface area contributed by atoms with Gasteiger partial charge in [0.05, 0.1) is 6.10 Å². The molecule has 0 saturated carbocycles. The number of aromatic nitrogens is 3. The quantitative estimate of drug-likeness (QED) is 0.748. The Morgan fingerprint density at radius 1 is 1.32 bits per heavy atom. The van der Waals surface area contributed by atoms with Crippen molar-refractivity contribution in [3.63, 3.8) is 0 Å². The van der Waals surface area contributed by atoms with Crippen LogP contribution in [0.3, 0.4) is 0 Å². The molecule has 0 radical (unpaired) electrons. The van der Waals surface area contributed by atoms with Crippen molar-refractivity contribution in [1.82, 2.24) is 14.8 Å². The Hall–Kier alpha value is -0.900. The second-order valence-corrected chi connectivity index (χ2v) is 5.83. The van der Waals surface area contributed by atoms with Crippen LogP contribution in [0, 0.1) is 11.8 Å². The normalized spacial score (nSPS) is 14.8. The Bertz CT molecular complexity index is 349. The van der Waals surface area contributed by atoms with Gasteiger partial charge in [0.25, 0.3) is 0 Å². The van der Waals surface area contributed by atoms with Gasteiger partial charge in [0, 0.05) is 13.0 Å². The van der Waals surface area contributed by atoms with E-state index in [9.17, 15) is 5.11 Å². The number of hydrogen-bond donors (Lipinski definition) is 1. The topological polar surface area (TPSA) is 50.9 Å². The molecule has 0 aliphatic heterocycles. The van der Waals surface area contributed by atoms with Crippen molar-refractivity contribution in [2.24, 2.45) is 11.8 Å². The smallest absolute Gasteiger partial charge is 0.138 e. The highest BCUT2D eigenvalue weighted by atomic mass is 16.3. The maximum Gasteiger partial charge on any atom is 0.138 e. The minimum atomic E-state index is -0.299. The van der Waals surface area contributed by atoms with Crippen molar-refractivity contribution < 1.29 is 5.11 Å². The third-order valence-corrected chi connectivity index (χ3v) is 3.62. The standard InChI is InChI=1S/C15H29N3O/c1-5-7-8-13(6-2)14(19)9-15-16-11-17-18(15)10-12(3)4/h11-14,19H,5-10H2,1-4H3. The van der Waals surface area contributed by atoms with Gasteiger partial charge >= 0.3 is 0 Å². The molecule has 110 valence electrons. The highest BCUT2D eigenvalue weighted by Gasteiger charge is 2.20. The fourth-order valence-corrected chi connectivity index (χ4v) is 2.43. The van der Waals surface area contributed by atoms with Gasteiger partial charge in [-0.05, 0) is 18.3 Å². The average molecular weight is 267 g/mol. The fourth-order valence-electron chi connectivity index (χ4n) is 2.43. The molecule has 0 fully saturated rings. The Labute approximate surface area is 117 Å². The van der Waals surface area contributed by atoms with Crippen molar-refractivity contribution in [3.8, 4) is 0 Å². The Morgan fingerprint density at radius 3 is 2.63 bits per heavy atom. The summed E-state index contributed by atoms with van der Waals surface area (Å²) in [5.74, 6) is 1.83. The molecule has 4 nitrogen and oxygen atoms in total. The van der Waals surface area contributed by atoms with Crippen LogP contribution in [0.25, 0.3) is 0 Å². The van der Waals surface area contributed by atoms with E-state index < -0.39 is 0 Å². The first-order valence-electron chi connectivity index (χ1n) is 7.63. The largest absolute Gasteiger partial charge is 0.392 e. The monoisotopic (exact) mass is 267 g/mol. The van der Waals surface area contributed by atoms with Crippen molar-refractivity contribution in [3.05, 3.63) is 12.2 Å². The van der Waals surface area contributed by atoms with Crippen LogP contribution in [0.4, 0.5) is 0 Å². The number of rotatable bonds is 9. The molecular weight excluding hydrogens is 238 g/mol. The molecular formula is C15H29N3O. The van der Waals surface area contributed by atoms with E-state index in [0.717, 1.165) is 25.2 Å². The van der Waals surface area contributed by atoms with Gasteiger partial charge < -0.3 is 5.11 Å². The van der Waals surface area contributed by atoms with Gasteiger partial charge in [-0.3, -0.25) is 0 Å². The lowest BCUT2D eigenvalue weighted by Crippen LogP contribution is -2.25. The van der Waals surface area contributed by atoms with E-state index in [1.165, 1.54) is 12.8 Å². The SMILES string of the molecule is CCCCC(CC)C(O)Cc1ncnn1CC(C)C. The van der Waals surface area contributed by atoms with Crippen molar-refractivity contribution in [1.29, 1.82) is 0 Å². The molecule has 0 bridgehead atoms. The Kier molecular flexibility index (Phi) is 7.06. The van der Waals surface area contributed by atoms with Crippen LogP contribution in [0.15, 0.2) is 6.33 Å². The third-order valence-electron chi connectivity index (χ3n) is 3.62. The van der Waals surface area contributed by atoms with Crippen molar-refractivity contribution in [2.45, 2.75) is 72.4 Å². The lowest BCUT2D eigenvalue weighted by molar-refractivity contribution is 0.0954. The zero-order valence-corrected chi connectivity index (χ0v) is 12.8. The lowest BCUT2D eigenvalue weighted by atomic mass is 9.91. The minimum Gasteiger partial charge on any atom is -0.392 e. The molecule has 1 rings (SSSR count). The fraction of sp³-hybridized carbons (Fsp3) is 0.867. The van der Waals surface area contributed by atoms with Crippen LogP contribution in [0.1, 0.15) is 59.2 Å². The van der Waals surface area contributed by atoms with E-state index in [1.807, 2.05) is 4.68 Å². The third kappa shape index (κ3) is 5.31. The van der Waals surface area contributed by atoms with E-state index in [4.69, 9.17) is 0 Å². The van der Waals surface area contributed by atoms with Crippen LogP contribution in [0.2, 0.25) is 0 Å². The number of hydrogen-bond acceptors (Lipinski definition) is 3. The second-order valence-electron chi connectivity index (χ2n) is 5.83. The Morgan fingerprint density at radius 2 is 2.05 bits per heavy atom. The van der Waals surface area contributed by atoms with E-state index in [-0.39, 0.29) is 6.10 Å². The van der Waals surface area contributed by atoms with E-state index in [1.54, 1.807) is 6.33 Å². The lowest BCUT2D eigenvalue weighted by Gasteiger charge is -2.21. The van der Waals surface area contributed by atoms with Crippen molar-refractivity contribution >= 4 is 0 Å². The molecule has 1 aromatic rings. The highest BCUT2D eigenvalue weighted by Crippen LogP contribution is 2.19. The van der Waals surface area contributed by atoms with Gasteiger partial charge in [-0.1, -0.05) is 47.0 Å². The zero-order chi connectivity index (χ0) is 14.3. The molecule has 0 aliphatic rings. The molecule has 2 atom stereocenters. The number of aliphatic hydroxyl groups is 1. The van der Waals surface area contributed by atoms with Gasteiger partial charge in [0.15, 0.2) is 0 Å². The molecule has 19 heavy (non-hydrogen) atoms. The van der Waals surface area contributed by atoms with Gasteiger partial charge in [-0.25, -0.2) is 9.67 Å². The van der Waals surface area contributed by atoms with Gasteiger partial charge in [-0.15, -0.1) is 0 Å². The van der Waals surface area contributed by atoms with Crippen LogP contribution in [-0.4, -0.2) is 26.0 Å². The number of aliphatic hydroxyl groups excluding tert-OH is 1. The maximum atomic E-state index is 10.4. The van der Waals surface area contributed by atoms with E-state index in [0.29, 0.717) is 18.3 Å². The van der Waals surface area contributed by atoms with Crippen LogP contribution in [0.5, 0.6) is 0 Å². The molecule has 0 amide bonds. The number of unbranched alkanes of at least 4 members (excludes halogenated alkanes) is 1. The van der Waals surface area contributed by atoms with E-state index in [2.05, 4.69) is 37.8 Å². The molecule has 4 heteroatoms. The molecule has 1 N–H and O–H groups in total. The van der Waals surface area contributed by atoms with Gasteiger partial charge in [0.1, 0.15) is 12.2 Å². The summed E-state index contributed by atoms with van der Waals surface area (Å²) in [6, 6.07) is 0. The summed E-state index contributed by atoms with van der Waals surface area (Å²) in [6.45, 7) is 9.55. The summed E-state index contributed by atoms with van der Waals surface area (Å²) in [5, 5.41) is 14.6. The Balaban J connectivity index is 2.59. The first-order chi connectivity index (χ1) is 9.08. The predicted molar refractivity (Wildman–Crippen MR) is 77.9 cm³/mol. The zero-order valence-electron chi connectivity index (χ0n) is 12.8. The van der Waals surface area contributed by atoms with Gasteiger partial charge in [0.2, 0.25) is 0 Å². The van der Waals surface area contributed by atoms with Crippen LogP contribution in [-0.2, 0) is 13.0 Å². The summed E-state index contributed by atoms with van der Waals surface area (Å²) < 4.78 is 1.93. The number of nitrogens with zero attached hydrogens (tertiary/aromatic N) is 3. The molecule has 1 aromatic heterocycles. The summed E-state index contributed by atoms with van der Waals surface area (Å²) >= 11 is 0. The van der Waals surface area contributed by atoms with Crippen LogP contribution >= 0.6 is 0 Å². The second kappa shape index (κ2) is 8.31. The molecule has 1 heterocycles. The summed E-state index contributed by atoms with van der Waals surface area (Å²) in [7, 11) is 0. The van der Waals surface area contributed by atoms with Crippen LogP contribution < -0.4 is 0 Å².